The van der Waals surface area contributed by atoms with E-state index in [0.29, 0.717) is 32.4 Å². The Morgan fingerprint density at radius 1 is 0.972 bits per heavy atom. The molecular formula is C24H40N6O6. The summed E-state index contributed by atoms with van der Waals surface area (Å²) in [7, 11) is 0. The number of carbonyl (C=O) groups is 6. The molecular weight excluding hydrogens is 468 g/mol. The van der Waals surface area contributed by atoms with Gasteiger partial charge in [-0.25, -0.2) is 4.79 Å². The molecule has 2 fully saturated rings. The van der Waals surface area contributed by atoms with Crippen molar-refractivity contribution in [3.05, 3.63) is 0 Å². The highest BCUT2D eigenvalue weighted by Crippen LogP contribution is 2.31. The van der Waals surface area contributed by atoms with Crippen LogP contribution in [-0.2, 0) is 24.0 Å². The summed E-state index contributed by atoms with van der Waals surface area (Å²) in [6.07, 6.45) is 4.19. The maximum Gasteiger partial charge on any atom is 0.315 e. The average molecular weight is 509 g/mol. The van der Waals surface area contributed by atoms with Gasteiger partial charge in [0.25, 0.3) is 5.91 Å². The predicted molar refractivity (Wildman–Crippen MR) is 131 cm³/mol. The number of carbonyl (C=O) groups excluding carboxylic acids is 6. The van der Waals surface area contributed by atoms with Crippen molar-refractivity contribution >= 4 is 35.4 Å². The first-order valence-electron chi connectivity index (χ1n) is 12.6. The van der Waals surface area contributed by atoms with Gasteiger partial charge in [0.15, 0.2) is 0 Å². The first-order chi connectivity index (χ1) is 16.8. The molecule has 0 aromatic heterocycles. The highest BCUT2D eigenvalue weighted by atomic mass is 16.2. The molecule has 0 spiro atoms. The first-order valence-corrected chi connectivity index (χ1v) is 12.6. The molecule has 0 aromatic rings. The Morgan fingerprint density at radius 3 is 2.17 bits per heavy atom. The van der Waals surface area contributed by atoms with Crippen molar-refractivity contribution in [1.29, 1.82) is 0 Å². The van der Waals surface area contributed by atoms with Gasteiger partial charge in [-0.05, 0) is 37.5 Å². The monoisotopic (exact) mass is 508 g/mol. The minimum absolute atomic E-state index is 0.240. The molecule has 2 aliphatic rings. The van der Waals surface area contributed by atoms with Crippen LogP contribution in [0.15, 0.2) is 0 Å². The molecule has 6 N–H and O–H groups in total. The number of nitrogens with one attached hydrogen (secondary N) is 4. The number of primary amides is 1. The van der Waals surface area contributed by atoms with Crippen LogP contribution in [0.3, 0.4) is 0 Å². The third kappa shape index (κ3) is 7.92. The van der Waals surface area contributed by atoms with Crippen molar-refractivity contribution in [3.8, 4) is 0 Å². The Balaban J connectivity index is 2.10. The van der Waals surface area contributed by atoms with Gasteiger partial charge in [0.2, 0.25) is 23.5 Å². The quantitative estimate of drug-likeness (QED) is 0.236. The van der Waals surface area contributed by atoms with E-state index in [0.717, 1.165) is 19.3 Å². The number of amides is 6. The van der Waals surface area contributed by atoms with E-state index in [9.17, 15) is 28.8 Å². The van der Waals surface area contributed by atoms with Crippen LogP contribution in [0, 0.1) is 11.3 Å². The summed E-state index contributed by atoms with van der Waals surface area (Å²) in [4.78, 5) is 76.0. The van der Waals surface area contributed by atoms with E-state index in [1.165, 1.54) is 4.90 Å². The lowest BCUT2D eigenvalue weighted by atomic mass is 9.80. The number of likely N-dealkylation sites (tertiary alicyclic amines) is 1. The zero-order valence-corrected chi connectivity index (χ0v) is 21.6. The lowest BCUT2D eigenvalue weighted by molar-refractivity contribution is -0.143. The molecule has 1 aliphatic carbocycles. The van der Waals surface area contributed by atoms with Crippen LogP contribution >= 0.6 is 0 Å². The lowest BCUT2D eigenvalue weighted by Crippen LogP contribution is -2.60. The summed E-state index contributed by atoms with van der Waals surface area (Å²) in [6, 6.07) is -3.51. The molecule has 0 bridgehead atoms. The molecule has 12 heteroatoms. The van der Waals surface area contributed by atoms with Crippen LogP contribution in [0.2, 0.25) is 0 Å². The second-order valence-corrected chi connectivity index (χ2v) is 10.6. The summed E-state index contributed by atoms with van der Waals surface area (Å²) in [5, 5.41) is 10.3. The molecule has 2 rings (SSSR count). The number of ketones is 1. The average Bonchev–Trinajstić information content (AvgIpc) is 3.26. The predicted octanol–water partition coefficient (Wildman–Crippen LogP) is -0.443. The molecule has 0 aromatic carbocycles. The zero-order chi connectivity index (χ0) is 27.0. The highest BCUT2D eigenvalue weighted by Gasteiger charge is 2.43. The van der Waals surface area contributed by atoms with Gasteiger partial charge < -0.3 is 31.9 Å². The second-order valence-electron chi connectivity index (χ2n) is 10.6. The molecule has 1 heterocycles. The first kappa shape index (κ1) is 29.1. The largest absolute Gasteiger partial charge is 0.363 e. The van der Waals surface area contributed by atoms with Crippen molar-refractivity contribution < 1.29 is 28.8 Å². The lowest BCUT2D eigenvalue weighted by Gasteiger charge is -2.36. The van der Waals surface area contributed by atoms with Gasteiger partial charge >= 0.3 is 6.03 Å². The number of nitrogens with two attached hydrogens (primary N) is 1. The van der Waals surface area contributed by atoms with Gasteiger partial charge in [-0.1, -0.05) is 40.0 Å². The Labute approximate surface area is 211 Å². The molecule has 36 heavy (non-hydrogen) atoms. The topological polar surface area (TPSA) is 180 Å². The standard InChI is InChI=1S/C24H40N6O6/c1-5-26-17(31)13-27-23(36)29-19(24(2,3)4)22(35)30-11-7-10-16(30)21(34)28-15(18(32)20(25)33)12-14-8-6-9-14/h14-16,19H,5-13H2,1-4H3,(H2,25,33)(H,26,31)(H,28,34)(H2,27,29,36). The Morgan fingerprint density at radius 2 is 1.64 bits per heavy atom. The molecule has 3 unspecified atom stereocenters. The van der Waals surface area contributed by atoms with Crippen molar-refractivity contribution in [2.24, 2.45) is 17.1 Å². The fraction of sp³-hybridized carbons (Fsp3) is 0.750. The van der Waals surface area contributed by atoms with Gasteiger partial charge in [0.05, 0.1) is 12.6 Å². The number of hydrogen-bond donors (Lipinski definition) is 5. The maximum atomic E-state index is 13.5. The van der Waals surface area contributed by atoms with Crippen molar-refractivity contribution in [2.45, 2.75) is 84.3 Å². The summed E-state index contributed by atoms with van der Waals surface area (Å²) in [6.45, 7) is 7.60. The van der Waals surface area contributed by atoms with Crippen LogP contribution in [0.4, 0.5) is 4.79 Å². The van der Waals surface area contributed by atoms with E-state index in [1.807, 2.05) is 0 Å². The van der Waals surface area contributed by atoms with Crippen LogP contribution in [0.1, 0.15) is 66.2 Å². The van der Waals surface area contributed by atoms with E-state index in [-0.39, 0.29) is 18.4 Å². The Hall–Kier alpha value is -3.18. The molecule has 12 nitrogen and oxygen atoms in total. The van der Waals surface area contributed by atoms with Crippen molar-refractivity contribution in [3.63, 3.8) is 0 Å². The van der Waals surface area contributed by atoms with E-state index in [4.69, 9.17) is 5.73 Å². The summed E-state index contributed by atoms with van der Waals surface area (Å²) >= 11 is 0. The Bertz CT molecular complexity index is 866. The normalized spacial score (nSPS) is 19.4. The van der Waals surface area contributed by atoms with Gasteiger partial charge in [-0.3, -0.25) is 24.0 Å². The zero-order valence-electron chi connectivity index (χ0n) is 21.6. The van der Waals surface area contributed by atoms with Crippen molar-refractivity contribution in [2.75, 3.05) is 19.6 Å². The van der Waals surface area contributed by atoms with E-state index in [2.05, 4.69) is 21.3 Å². The molecule has 6 amide bonds. The van der Waals surface area contributed by atoms with Crippen LogP contribution < -0.4 is 27.0 Å². The summed E-state index contributed by atoms with van der Waals surface area (Å²) < 4.78 is 0. The van der Waals surface area contributed by atoms with E-state index < -0.39 is 53.1 Å². The summed E-state index contributed by atoms with van der Waals surface area (Å²) in [5.74, 6) is -3.02. The van der Waals surface area contributed by atoms with Crippen LogP contribution in [-0.4, -0.2) is 78.1 Å². The molecule has 0 radical (unpaired) electrons. The number of rotatable bonds is 11. The number of nitrogens with zero attached hydrogens (tertiary/aromatic N) is 1. The molecule has 1 saturated carbocycles. The fourth-order valence-corrected chi connectivity index (χ4v) is 4.45. The number of urea groups is 1. The third-order valence-electron chi connectivity index (χ3n) is 6.68. The minimum atomic E-state index is -1.10. The minimum Gasteiger partial charge on any atom is -0.363 e. The van der Waals surface area contributed by atoms with E-state index in [1.54, 1.807) is 27.7 Å². The summed E-state index contributed by atoms with van der Waals surface area (Å²) in [5.41, 5.74) is 4.50. The molecule has 1 saturated heterocycles. The number of hydrogen-bond acceptors (Lipinski definition) is 6. The smallest absolute Gasteiger partial charge is 0.315 e. The van der Waals surface area contributed by atoms with Gasteiger partial charge in [0, 0.05) is 13.1 Å². The number of likely N-dealkylation sites (N-methyl/N-ethyl adjacent to an activating group) is 1. The van der Waals surface area contributed by atoms with Gasteiger partial charge in [0.1, 0.15) is 12.1 Å². The van der Waals surface area contributed by atoms with Gasteiger partial charge in [-0.15, -0.1) is 0 Å². The fourth-order valence-electron chi connectivity index (χ4n) is 4.45. The van der Waals surface area contributed by atoms with Crippen LogP contribution in [0.5, 0.6) is 0 Å². The van der Waals surface area contributed by atoms with E-state index >= 15 is 0 Å². The third-order valence-corrected chi connectivity index (χ3v) is 6.68. The van der Waals surface area contributed by atoms with Crippen LogP contribution in [0.25, 0.3) is 0 Å². The molecule has 1 aliphatic heterocycles. The second kappa shape index (κ2) is 12.7. The molecule has 3 atom stereocenters. The SMILES string of the molecule is CCNC(=O)CNC(=O)NC(C(=O)N1CCCC1C(=O)NC(CC1CCC1)C(=O)C(N)=O)C(C)(C)C. The Kier molecular flexibility index (Phi) is 10.2. The maximum absolute atomic E-state index is 13.5. The van der Waals surface area contributed by atoms with Crippen molar-refractivity contribution in [1.82, 2.24) is 26.2 Å². The number of Topliss-reactive ketones (excluding diaryl/α,β-unsaturated/α-hetero) is 1. The van der Waals surface area contributed by atoms with Gasteiger partial charge in [-0.2, -0.15) is 0 Å². The highest BCUT2D eigenvalue weighted by molar-refractivity contribution is 6.37. The molecule has 202 valence electrons.